The largest absolute Gasteiger partial charge is 0.489 e. The van der Waals surface area contributed by atoms with Gasteiger partial charge in [-0.1, -0.05) is 17.7 Å². The van der Waals surface area contributed by atoms with Gasteiger partial charge in [0.1, 0.15) is 5.75 Å². The Morgan fingerprint density at radius 1 is 1.31 bits per heavy atom. The first-order valence-electron chi connectivity index (χ1n) is 5.95. The minimum absolute atomic E-state index is 0.403. The predicted molar refractivity (Wildman–Crippen MR) is 67.1 cm³/mol. The van der Waals surface area contributed by atoms with Crippen LogP contribution in [0.2, 0.25) is 5.02 Å². The molecule has 16 heavy (non-hydrogen) atoms. The third kappa shape index (κ3) is 3.39. The maximum Gasteiger partial charge on any atom is 0.138 e. The lowest BCUT2D eigenvalue weighted by atomic mass is 10.1. The molecule has 0 radical (unpaired) electrons. The Bertz CT molecular complexity index is 350. The lowest BCUT2D eigenvalue weighted by molar-refractivity contribution is 0.303. The fourth-order valence-electron chi connectivity index (χ4n) is 1.63. The number of hydrogen-bond acceptors (Lipinski definition) is 2. The summed E-state index contributed by atoms with van der Waals surface area (Å²) < 4.78 is 5.68. The lowest BCUT2D eigenvalue weighted by Crippen LogP contribution is -1.99. The van der Waals surface area contributed by atoms with E-state index in [0.717, 1.165) is 49.4 Å². The van der Waals surface area contributed by atoms with Gasteiger partial charge in [-0.2, -0.15) is 0 Å². The molecular weight excluding hydrogens is 222 g/mol. The van der Waals surface area contributed by atoms with Gasteiger partial charge in [-0.05, 0) is 56.3 Å². The molecule has 0 aliphatic heterocycles. The minimum Gasteiger partial charge on any atom is -0.489 e. The molecule has 1 saturated carbocycles. The molecule has 1 fully saturated rings. The summed E-state index contributed by atoms with van der Waals surface area (Å²) in [5, 5.41) is 0.733. The van der Waals surface area contributed by atoms with Gasteiger partial charge in [0.2, 0.25) is 0 Å². The van der Waals surface area contributed by atoms with Crippen LogP contribution in [0.25, 0.3) is 0 Å². The van der Waals surface area contributed by atoms with E-state index in [0.29, 0.717) is 6.10 Å². The van der Waals surface area contributed by atoms with Gasteiger partial charge in [-0.3, -0.25) is 0 Å². The van der Waals surface area contributed by atoms with Crippen molar-refractivity contribution in [3.8, 4) is 5.75 Å². The Kier molecular flexibility index (Phi) is 4.08. The van der Waals surface area contributed by atoms with Gasteiger partial charge in [-0.25, -0.2) is 0 Å². The Labute approximate surface area is 102 Å². The van der Waals surface area contributed by atoms with E-state index in [1.165, 1.54) is 5.56 Å². The van der Waals surface area contributed by atoms with Crippen molar-refractivity contribution in [1.82, 2.24) is 0 Å². The second-order valence-electron chi connectivity index (χ2n) is 4.33. The molecule has 0 saturated heterocycles. The minimum atomic E-state index is 0.403. The van der Waals surface area contributed by atoms with Gasteiger partial charge in [0.25, 0.3) is 0 Å². The fourth-order valence-corrected chi connectivity index (χ4v) is 1.88. The quantitative estimate of drug-likeness (QED) is 0.774. The zero-order valence-electron chi connectivity index (χ0n) is 9.42. The topological polar surface area (TPSA) is 35.2 Å². The van der Waals surface area contributed by atoms with Crippen molar-refractivity contribution >= 4 is 11.6 Å². The summed E-state index contributed by atoms with van der Waals surface area (Å²) in [6.07, 6.45) is 5.96. The van der Waals surface area contributed by atoms with Crippen LogP contribution in [-0.4, -0.2) is 12.6 Å². The number of unbranched alkanes of at least 4 members (excludes halogenated alkanes) is 1. The number of halogens is 1. The second-order valence-corrected chi connectivity index (χ2v) is 4.73. The molecule has 2 rings (SSSR count). The molecule has 0 atom stereocenters. The maximum atomic E-state index is 6.16. The van der Waals surface area contributed by atoms with E-state index in [2.05, 4.69) is 6.07 Å². The molecule has 1 aliphatic rings. The van der Waals surface area contributed by atoms with Gasteiger partial charge in [0, 0.05) is 0 Å². The van der Waals surface area contributed by atoms with Crippen LogP contribution >= 0.6 is 11.6 Å². The number of hydrogen-bond donors (Lipinski definition) is 1. The zero-order valence-corrected chi connectivity index (χ0v) is 10.2. The molecule has 0 bridgehead atoms. The van der Waals surface area contributed by atoms with Crippen LogP contribution in [0, 0.1) is 0 Å². The number of benzene rings is 1. The lowest BCUT2D eigenvalue weighted by Gasteiger charge is -2.08. The van der Waals surface area contributed by atoms with Gasteiger partial charge in [-0.15, -0.1) is 0 Å². The average Bonchev–Trinajstić information content (AvgIpc) is 3.06. The van der Waals surface area contributed by atoms with Crippen LogP contribution in [0.3, 0.4) is 0 Å². The van der Waals surface area contributed by atoms with Crippen molar-refractivity contribution in [3.05, 3.63) is 28.8 Å². The fraction of sp³-hybridized carbons (Fsp3) is 0.538. The van der Waals surface area contributed by atoms with Gasteiger partial charge >= 0.3 is 0 Å². The smallest absolute Gasteiger partial charge is 0.138 e. The first-order chi connectivity index (χ1) is 7.79. The van der Waals surface area contributed by atoms with Crippen LogP contribution in [0.1, 0.15) is 31.2 Å². The maximum absolute atomic E-state index is 6.16. The van der Waals surface area contributed by atoms with Crippen molar-refractivity contribution in [2.24, 2.45) is 5.73 Å². The molecule has 88 valence electrons. The molecule has 0 heterocycles. The number of ether oxygens (including phenoxy) is 1. The van der Waals surface area contributed by atoms with Gasteiger partial charge in [0.15, 0.2) is 0 Å². The van der Waals surface area contributed by atoms with Crippen molar-refractivity contribution in [2.75, 3.05) is 6.54 Å². The van der Waals surface area contributed by atoms with E-state index in [9.17, 15) is 0 Å². The molecule has 0 spiro atoms. The number of nitrogens with two attached hydrogens (primary N) is 1. The molecule has 0 amide bonds. The summed E-state index contributed by atoms with van der Waals surface area (Å²) in [7, 11) is 0. The Balaban J connectivity index is 1.92. The highest BCUT2D eigenvalue weighted by Gasteiger charge is 2.24. The molecule has 3 heteroatoms. The first kappa shape index (κ1) is 11.7. The SMILES string of the molecule is NCCCCc1ccc(OC2CC2)c(Cl)c1. The van der Waals surface area contributed by atoms with Crippen molar-refractivity contribution in [3.63, 3.8) is 0 Å². The predicted octanol–water partition coefficient (Wildman–Crippen LogP) is 3.16. The van der Waals surface area contributed by atoms with Crippen LogP contribution in [0.15, 0.2) is 18.2 Å². The number of rotatable bonds is 6. The zero-order chi connectivity index (χ0) is 11.4. The van der Waals surface area contributed by atoms with E-state index < -0.39 is 0 Å². The summed E-state index contributed by atoms with van der Waals surface area (Å²) in [5.74, 6) is 0.826. The Morgan fingerprint density at radius 2 is 2.12 bits per heavy atom. The molecule has 1 aliphatic carbocycles. The normalized spacial score (nSPS) is 15.1. The summed E-state index contributed by atoms with van der Waals surface area (Å²) in [6, 6.07) is 6.09. The summed E-state index contributed by atoms with van der Waals surface area (Å²) >= 11 is 6.16. The van der Waals surface area contributed by atoms with Gasteiger partial charge in [0.05, 0.1) is 11.1 Å². The first-order valence-corrected chi connectivity index (χ1v) is 6.32. The third-order valence-corrected chi connectivity index (χ3v) is 3.03. The van der Waals surface area contributed by atoms with Crippen LogP contribution in [-0.2, 0) is 6.42 Å². The molecule has 0 aromatic heterocycles. The summed E-state index contributed by atoms with van der Waals surface area (Å²) in [4.78, 5) is 0. The van der Waals surface area contributed by atoms with E-state index in [4.69, 9.17) is 22.1 Å². The second kappa shape index (κ2) is 5.55. The third-order valence-electron chi connectivity index (χ3n) is 2.73. The van der Waals surface area contributed by atoms with Crippen LogP contribution in [0.5, 0.6) is 5.75 Å². The average molecular weight is 240 g/mol. The highest BCUT2D eigenvalue weighted by atomic mass is 35.5. The van der Waals surface area contributed by atoms with E-state index >= 15 is 0 Å². The molecular formula is C13H18ClNO. The highest BCUT2D eigenvalue weighted by molar-refractivity contribution is 6.32. The van der Waals surface area contributed by atoms with Crippen LogP contribution in [0.4, 0.5) is 0 Å². The molecule has 1 aromatic carbocycles. The molecule has 2 nitrogen and oxygen atoms in total. The van der Waals surface area contributed by atoms with Crippen LogP contribution < -0.4 is 10.5 Å². The van der Waals surface area contributed by atoms with Crippen molar-refractivity contribution in [1.29, 1.82) is 0 Å². The Morgan fingerprint density at radius 3 is 2.75 bits per heavy atom. The number of aryl methyl sites for hydroxylation is 1. The van der Waals surface area contributed by atoms with E-state index in [1.54, 1.807) is 0 Å². The monoisotopic (exact) mass is 239 g/mol. The molecule has 1 aromatic rings. The molecule has 2 N–H and O–H groups in total. The molecule has 0 unspecified atom stereocenters. The van der Waals surface area contributed by atoms with Crippen molar-refractivity contribution < 1.29 is 4.74 Å². The van der Waals surface area contributed by atoms with Gasteiger partial charge < -0.3 is 10.5 Å². The van der Waals surface area contributed by atoms with Crippen molar-refractivity contribution in [2.45, 2.75) is 38.2 Å². The standard InChI is InChI=1S/C13H18ClNO/c14-12-9-10(3-1-2-8-15)4-7-13(12)16-11-5-6-11/h4,7,9,11H,1-3,5-6,8,15H2. The summed E-state index contributed by atoms with van der Waals surface area (Å²) in [6.45, 7) is 0.761. The highest BCUT2D eigenvalue weighted by Crippen LogP contribution is 2.32. The summed E-state index contributed by atoms with van der Waals surface area (Å²) in [5.41, 5.74) is 6.73. The van der Waals surface area contributed by atoms with E-state index in [-0.39, 0.29) is 0 Å². The van der Waals surface area contributed by atoms with E-state index in [1.807, 2.05) is 12.1 Å². The Hall–Kier alpha value is -0.730.